The third-order valence-corrected chi connectivity index (χ3v) is 4.12. The largest absolute Gasteiger partial charge is 0.373 e. The predicted octanol–water partition coefficient (Wildman–Crippen LogP) is 3.45. The van der Waals surface area contributed by atoms with E-state index >= 15 is 0 Å². The highest BCUT2D eigenvalue weighted by atomic mass is 15.3. The van der Waals surface area contributed by atoms with Crippen LogP contribution in [0.5, 0.6) is 0 Å². The summed E-state index contributed by atoms with van der Waals surface area (Å²) < 4.78 is 1.96. The maximum atomic E-state index is 4.80. The Morgan fingerprint density at radius 1 is 1.29 bits per heavy atom. The first kappa shape index (κ1) is 14.0. The van der Waals surface area contributed by atoms with Crippen LogP contribution in [-0.4, -0.2) is 26.8 Å². The van der Waals surface area contributed by atoms with Crippen LogP contribution in [0, 0.1) is 0 Å². The quantitative estimate of drug-likeness (QED) is 0.914. The molecule has 112 valence electrons. The summed E-state index contributed by atoms with van der Waals surface area (Å²) in [5, 5.41) is 7.54. The van der Waals surface area contributed by atoms with Crippen molar-refractivity contribution in [3.05, 3.63) is 24.2 Å². The molecular formula is C16H23N5. The van der Waals surface area contributed by atoms with Crippen LogP contribution >= 0.6 is 0 Å². The second-order valence-electron chi connectivity index (χ2n) is 5.73. The molecule has 0 aromatic carbocycles. The molecule has 21 heavy (non-hydrogen) atoms. The summed E-state index contributed by atoms with van der Waals surface area (Å²) in [6.45, 7) is 3.08. The molecule has 1 N–H and O–H groups in total. The smallest absolute Gasteiger partial charge is 0.164 e. The molecule has 2 aromatic rings. The highest BCUT2D eigenvalue weighted by molar-refractivity contribution is 5.55. The van der Waals surface area contributed by atoms with Gasteiger partial charge in [0.15, 0.2) is 5.82 Å². The molecule has 2 heterocycles. The minimum atomic E-state index is 0.588. The highest BCUT2D eigenvalue weighted by Crippen LogP contribution is 2.34. The Kier molecular flexibility index (Phi) is 4.18. The first-order valence-corrected chi connectivity index (χ1v) is 7.89. The van der Waals surface area contributed by atoms with Crippen LogP contribution in [0.2, 0.25) is 0 Å². The molecule has 5 heteroatoms. The molecule has 0 atom stereocenters. The zero-order valence-electron chi connectivity index (χ0n) is 12.8. The average Bonchev–Trinajstić information content (AvgIpc) is 3.18. The Balaban J connectivity index is 1.94. The van der Waals surface area contributed by atoms with E-state index in [1.807, 2.05) is 24.1 Å². The number of hydrogen-bond donors (Lipinski definition) is 1. The van der Waals surface area contributed by atoms with E-state index in [-0.39, 0.29) is 0 Å². The molecule has 0 radical (unpaired) electrons. The van der Waals surface area contributed by atoms with Crippen molar-refractivity contribution in [2.24, 2.45) is 0 Å². The fraction of sp³-hybridized carbons (Fsp3) is 0.562. The summed E-state index contributed by atoms with van der Waals surface area (Å²) in [4.78, 5) is 9.39. The molecule has 1 aliphatic carbocycles. The number of nitrogens with zero attached hydrogens (tertiary/aromatic N) is 4. The van der Waals surface area contributed by atoms with E-state index in [1.54, 1.807) is 0 Å². The van der Waals surface area contributed by atoms with E-state index in [4.69, 9.17) is 4.98 Å². The molecule has 0 bridgehead atoms. The van der Waals surface area contributed by atoms with E-state index in [1.165, 1.54) is 31.4 Å². The molecular weight excluding hydrogens is 262 g/mol. The van der Waals surface area contributed by atoms with Crippen molar-refractivity contribution in [2.45, 2.75) is 51.5 Å². The third kappa shape index (κ3) is 3.06. The van der Waals surface area contributed by atoms with Crippen molar-refractivity contribution in [1.82, 2.24) is 19.7 Å². The fourth-order valence-corrected chi connectivity index (χ4v) is 2.98. The number of rotatable bonds is 5. The molecule has 5 nitrogen and oxygen atoms in total. The second-order valence-corrected chi connectivity index (χ2v) is 5.73. The van der Waals surface area contributed by atoms with Crippen LogP contribution in [-0.2, 0) is 6.54 Å². The van der Waals surface area contributed by atoms with E-state index < -0.39 is 0 Å². The zero-order valence-corrected chi connectivity index (χ0v) is 12.8. The van der Waals surface area contributed by atoms with Gasteiger partial charge in [0.05, 0.1) is 11.8 Å². The van der Waals surface area contributed by atoms with Gasteiger partial charge in [-0.3, -0.25) is 4.68 Å². The number of aromatic nitrogens is 4. The topological polar surface area (TPSA) is 55.6 Å². The van der Waals surface area contributed by atoms with Gasteiger partial charge in [0.1, 0.15) is 5.82 Å². The fourth-order valence-electron chi connectivity index (χ4n) is 2.98. The molecule has 3 rings (SSSR count). The normalized spacial score (nSPS) is 15.5. The van der Waals surface area contributed by atoms with Crippen LogP contribution in [0.15, 0.2) is 18.5 Å². The van der Waals surface area contributed by atoms with Gasteiger partial charge in [-0.2, -0.15) is 5.10 Å². The Labute approximate surface area is 125 Å². The van der Waals surface area contributed by atoms with Crippen LogP contribution in [0.25, 0.3) is 11.4 Å². The summed E-state index contributed by atoms with van der Waals surface area (Å²) in [6.07, 6.45) is 10.1. The van der Waals surface area contributed by atoms with E-state index in [0.717, 1.165) is 30.2 Å². The van der Waals surface area contributed by atoms with Gasteiger partial charge < -0.3 is 5.32 Å². The van der Waals surface area contributed by atoms with E-state index in [9.17, 15) is 0 Å². The molecule has 0 unspecified atom stereocenters. The van der Waals surface area contributed by atoms with Crippen molar-refractivity contribution in [1.29, 1.82) is 0 Å². The molecule has 0 saturated heterocycles. The lowest BCUT2D eigenvalue weighted by molar-refractivity contribution is 0.603. The minimum Gasteiger partial charge on any atom is -0.373 e. The van der Waals surface area contributed by atoms with Crippen LogP contribution in [0.3, 0.4) is 0 Å². The average molecular weight is 285 g/mol. The standard InChI is InChI=1S/C16H23N5/c1-3-8-21-11-13(10-18-21)16-19-14(9-15(17-2)20-16)12-6-4-5-7-12/h9-12H,3-8H2,1-2H3,(H,17,19,20). The molecule has 0 aliphatic heterocycles. The van der Waals surface area contributed by atoms with Crippen LogP contribution in [0.1, 0.15) is 50.6 Å². The Bertz CT molecular complexity index is 598. The van der Waals surface area contributed by atoms with E-state index in [0.29, 0.717) is 5.92 Å². The molecule has 0 amide bonds. The molecule has 2 aromatic heterocycles. The monoisotopic (exact) mass is 285 g/mol. The maximum absolute atomic E-state index is 4.80. The van der Waals surface area contributed by atoms with Crippen LogP contribution in [0.4, 0.5) is 5.82 Å². The SMILES string of the molecule is CCCn1cc(-c2nc(NC)cc(C3CCCC3)n2)cn1. The van der Waals surface area contributed by atoms with Crippen molar-refractivity contribution in [2.75, 3.05) is 12.4 Å². The highest BCUT2D eigenvalue weighted by Gasteiger charge is 2.20. The summed E-state index contributed by atoms with van der Waals surface area (Å²) in [7, 11) is 1.91. The number of aryl methyl sites for hydroxylation is 1. The number of anilines is 1. The number of nitrogens with one attached hydrogen (secondary N) is 1. The second kappa shape index (κ2) is 6.24. The summed E-state index contributed by atoms with van der Waals surface area (Å²) in [5.41, 5.74) is 2.17. The first-order valence-electron chi connectivity index (χ1n) is 7.89. The van der Waals surface area contributed by atoms with Crippen LogP contribution < -0.4 is 5.32 Å². The Morgan fingerprint density at radius 3 is 2.81 bits per heavy atom. The lowest BCUT2D eigenvalue weighted by Gasteiger charge is -2.11. The number of hydrogen-bond acceptors (Lipinski definition) is 4. The van der Waals surface area contributed by atoms with Gasteiger partial charge in [-0.1, -0.05) is 19.8 Å². The molecule has 1 aliphatic rings. The predicted molar refractivity (Wildman–Crippen MR) is 84.3 cm³/mol. The van der Waals surface area contributed by atoms with Gasteiger partial charge in [-0.25, -0.2) is 9.97 Å². The minimum absolute atomic E-state index is 0.588. The lowest BCUT2D eigenvalue weighted by atomic mass is 10.0. The maximum Gasteiger partial charge on any atom is 0.164 e. The van der Waals surface area contributed by atoms with E-state index in [2.05, 4.69) is 28.4 Å². The van der Waals surface area contributed by atoms with Crippen molar-refractivity contribution >= 4 is 5.82 Å². The summed E-state index contributed by atoms with van der Waals surface area (Å²) in [5.74, 6) is 2.26. The van der Waals surface area contributed by atoms with Gasteiger partial charge >= 0.3 is 0 Å². The van der Waals surface area contributed by atoms with Gasteiger partial charge in [0.25, 0.3) is 0 Å². The zero-order chi connectivity index (χ0) is 14.7. The molecule has 1 saturated carbocycles. The first-order chi connectivity index (χ1) is 10.3. The van der Waals surface area contributed by atoms with Gasteiger partial charge in [-0.05, 0) is 19.3 Å². The lowest BCUT2D eigenvalue weighted by Crippen LogP contribution is -2.03. The van der Waals surface area contributed by atoms with Gasteiger partial charge in [0.2, 0.25) is 0 Å². The summed E-state index contributed by atoms with van der Waals surface area (Å²) >= 11 is 0. The van der Waals surface area contributed by atoms with Crippen molar-refractivity contribution in [3.63, 3.8) is 0 Å². The third-order valence-electron chi connectivity index (χ3n) is 4.12. The van der Waals surface area contributed by atoms with Crippen molar-refractivity contribution in [3.8, 4) is 11.4 Å². The molecule has 0 spiro atoms. The van der Waals surface area contributed by atoms with Gasteiger partial charge in [-0.15, -0.1) is 0 Å². The summed E-state index contributed by atoms with van der Waals surface area (Å²) in [6, 6.07) is 2.09. The Morgan fingerprint density at radius 2 is 2.10 bits per heavy atom. The Hall–Kier alpha value is -1.91. The molecule has 1 fully saturated rings. The van der Waals surface area contributed by atoms with Gasteiger partial charge in [0, 0.05) is 37.5 Å². The van der Waals surface area contributed by atoms with Crippen molar-refractivity contribution < 1.29 is 0 Å².